The third-order valence-electron chi connectivity index (χ3n) is 6.27. The first kappa shape index (κ1) is 22.5. The topological polar surface area (TPSA) is 109 Å². The maximum Gasteiger partial charge on any atom is 0.335 e. The third-order valence-corrected chi connectivity index (χ3v) is 6.27. The van der Waals surface area contributed by atoms with Gasteiger partial charge in [0.15, 0.2) is 17.3 Å². The number of carbonyl (C=O) groups is 2. The summed E-state index contributed by atoms with van der Waals surface area (Å²) in [5, 5.41) is 19.8. The third kappa shape index (κ3) is 4.18. The number of amides is 1. The molecule has 3 N–H and O–H groups in total. The molecule has 2 heterocycles. The summed E-state index contributed by atoms with van der Waals surface area (Å²) in [4.78, 5) is 28.6. The number of carboxylic acid groups (broad SMARTS) is 1. The average Bonchev–Trinajstić information content (AvgIpc) is 3.47. The molecule has 0 radical (unpaired) electrons. The molecule has 1 atom stereocenters. The first-order valence-electron chi connectivity index (χ1n) is 11.0. The molecule has 8 nitrogen and oxygen atoms in total. The average molecular weight is 477 g/mol. The van der Waals surface area contributed by atoms with E-state index in [-0.39, 0.29) is 18.3 Å². The number of aromatic carboxylic acids is 1. The SMILES string of the molecule is Cc1c(C(=O)O)ccc2c1CCC2Nc1cc(C(=O)NCc2ccc(F)c(F)c2)nc2ccnn12. The minimum Gasteiger partial charge on any atom is -0.478 e. The maximum absolute atomic E-state index is 13.5. The normalized spacial score (nSPS) is 14.7. The van der Waals surface area contributed by atoms with Crippen LogP contribution in [0.15, 0.2) is 48.7 Å². The molecule has 1 unspecified atom stereocenters. The van der Waals surface area contributed by atoms with Crippen molar-refractivity contribution in [3.63, 3.8) is 0 Å². The molecule has 0 bridgehead atoms. The lowest BCUT2D eigenvalue weighted by Crippen LogP contribution is -2.25. The fourth-order valence-corrected chi connectivity index (χ4v) is 4.49. The lowest BCUT2D eigenvalue weighted by atomic mass is 9.98. The Labute approximate surface area is 198 Å². The standard InChI is InChI=1S/C25H21F2N5O3/c1-13-15-5-7-20(17(15)4-3-16(13)25(34)35)30-23-11-21(31-22-8-9-29-32(22)23)24(33)28-12-14-2-6-18(26)19(27)10-14/h2-4,6,8-11,20,30H,5,7,12H2,1H3,(H,28,33)(H,34,35). The molecule has 178 valence electrons. The zero-order chi connectivity index (χ0) is 24.7. The molecule has 10 heteroatoms. The molecule has 5 rings (SSSR count). The second-order valence-corrected chi connectivity index (χ2v) is 8.41. The molecule has 0 saturated carbocycles. The van der Waals surface area contributed by atoms with Crippen molar-refractivity contribution in [2.45, 2.75) is 32.4 Å². The van der Waals surface area contributed by atoms with Crippen LogP contribution in [0.4, 0.5) is 14.6 Å². The summed E-state index contributed by atoms with van der Waals surface area (Å²) in [6.07, 6.45) is 3.05. The van der Waals surface area contributed by atoms with Gasteiger partial charge in [0.25, 0.3) is 5.91 Å². The predicted molar refractivity (Wildman–Crippen MR) is 123 cm³/mol. The van der Waals surface area contributed by atoms with Gasteiger partial charge >= 0.3 is 5.97 Å². The van der Waals surface area contributed by atoms with Gasteiger partial charge in [-0.3, -0.25) is 4.79 Å². The predicted octanol–water partition coefficient (Wildman–Crippen LogP) is 4.04. The molecule has 1 aliphatic rings. The van der Waals surface area contributed by atoms with Crippen molar-refractivity contribution in [1.29, 1.82) is 0 Å². The molecule has 2 aromatic heterocycles. The molecular weight excluding hydrogens is 456 g/mol. The van der Waals surface area contributed by atoms with Gasteiger partial charge in [-0.1, -0.05) is 12.1 Å². The Morgan fingerprint density at radius 2 is 1.97 bits per heavy atom. The number of nitrogens with zero attached hydrogens (tertiary/aromatic N) is 3. The second-order valence-electron chi connectivity index (χ2n) is 8.41. The fraction of sp³-hybridized carbons (Fsp3) is 0.200. The molecule has 35 heavy (non-hydrogen) atoms. The highest BCUT2D eigenvalue weighted by molar-refractivity contribution is 5.93. The van der Waals surface area contributed by atoms with E-state index in [0.29, 0.717) is 22.6 Å². The Bertz CT molecular complexity index is 1480. The Morgan fingerprint density at radius 3 is 2.74 bits per heavy atom. The van der Waals surface area contributed by atoms with Gasteiger partial charge in [-0.2, -0.15) is 9.61 Å². The lowest BCUT2D eigenvalue weighted by molar-refractivity contribution is 0.0695. The Kier molecular flexibility index (Phi) is 5.64. The van der Waals surface area contributed by atoms with Crippen LogP contribution in [0.2, 0.25) is 0 Å². The first-order chi connectivity index (χ1) is 16.8. The maximum atomic E-state index is 13.5. The van der Waals surface area contributed by atoms with E-state index < -0.39 is 23.5 Å². The largest absolute Gasteiger partial charge is 0.478 e. The quantitative estimate of drug-likeness (QED) is 0.387. The van der Waals surface area contributed by atoms with Gasteiger partial charge in [0.05, 0.1) is 17.8 Å². The van der Waals surface area contributed by atoms with Crippen molar-refractivity contribution in [2.75, 3.05) is 5.32 Å². The van der Waals surface area contributed by atoms with E-state index in [1.807, 2.05) is 13.0 Å². The number of aromatic nitrogens is 3. The molecule has 0 aliphatic heterocycles. The van der Waals surface area contributed by atoms with Gasteiger partial charge in [0.1, 0.15) is 11.5 Å². The van der Waals surface area contributed by atoms with Crippen LogP contribution in [0.25, 0.3) is 5.65 Å². The summed E-state index contributed by atoms with van der Waals surface area (Å²) < 4.78 is 28.2. The number of hydrogen-bond donors (Lipinski definition) is 3. The Hall–Kier alpha value is -4.34. The van der Waals surface area contributed by atoms with E-state index in [2.05, 4.69) is 20.7 Å². The molecule has 0 saturated heterocycles. The summed E-state index contributed by atoms with van der Waals surface area (Å²) in [6, 6.07) is 10.0. The van der Waals surface area contributed by atoms with Gasteiger partial charge in [0, 0.05) is 18.7 Å². The first-order valence-corrected chi connectivity index (χ1v) is 11.0. The van der Waals surface area contributed by atoms with Crippen LogP contribution in [-0.2, 0) is 13.0 Å². The van der Waals surface area contributed by atoms with Crippen molar-refractivity contribution in [2.24, 2.45) is 0 Å². The van der Waals surface area contributed by atoms with Crippen molar-refractivity contribution in [3.8, 4) is 0 Å². The number of carbonyl (C=O) groups excluding carboxylic acids is 1. The number of hydrogen-bond acceptors (Lipinski definition) is 5. The van der Waals surface area contributed by atoms with Crippen molar-refractivity contribution in [1.82, 2.24) is 19.9 Å². The highest BCUT2D eigenvalue weighted by atomic mass is 19.2. The van der Waals surface area contributed by atoms with Gasteiger partial charge in [-0.05, 0) is 60.2 Å². The smallest absolute Gasteiger partial charge is 0.335 e. The Balaban J connectivity index is 1.40. The molecule has 1 amide bonds. The van der Waals surface area contributed by atoms with Gasteiger partial charge in [0.2, 0.25) is 0 Å². The summed E-state index contributed by atoms with van der Waals surface area (Å²) >= 11 is 0. The zero-order valence-corrected chi connectivity index (χ0v) is 18.7. The van der Waals surface area contributed by atoms with Gasteiger partial charge in [-0.15, -0.1) is 0 Å². The van der Waals surface area contributed by atoms with E-state index in [9.17, 15) is 23.5 Å². The molecule has 1 aliphatic carbocycles. The van der Waals surface area contributed by atoms with Crippen molar-refractivity contribution in [3.05, 3.63) is 93.8 Å². The molecule has 4 aromatic rings. The number of nitrogens with one attached hydrogen (secondary N) is 2. The monoisotopic (exact) mass is 477 g/mol. The van der Waals surface area contributed by atoms with Crippen LogP contribution in [0.3, 0.4) is 0 Å². The van der Waals surface area contributed by atoms with Crippen molar-refractivity contribution >= 4 is 23.3 Å². The van der Waals surface area contributed by atoms with Crippen LogP contribution in [-0.4, -0.2) is 31.6 Å². The van der Waals surface area contributed by atoms with Crippen LogP contribution in [0.5, 0.6) is 0 Å². The van der Waals surface area contributed by atoms with Crippen molar-refractivity contribution < 1.29 is 23.5 Å². The summed E-state index contributed by atoms with van der Waals surface area (Å²) in [5.41, 5.74) is 4.09. The minimum absolute atomic E-state index is 0.00606. The molecular formula is C25H21F2N5O3. The summed E-state index contributed by atoms with van der Waals surface area (Å²) in [5.74, 6) is -2.81. The number of halogens is 2. The number of anilines is 1. The summed E-state index contributed by atoms with van der Waals surface area (Å²) in [7, 11) is 0. The highest BCUT2D eigenvalue weighted by Gasteiger charge is 2.27. The zero-order valence-electron chi connectivity index (χ0n) is 18.7. The minimum atomic E-state index is -0.982. The van der Waals surface area contributed by atoms with Gasteiger partial charge < -0.3 is 15.7 Å². The van der Waals surface area contributed by atoms with Gasteiger partial charge in [-0.25, -0.2) is 18.6 Å². The van der Waals surface area contributed by atoms with Crippen LogP contribution >= 0.6 is 0 Å². The number of carboxylic acids is 1. The number of fused-ring (bicyclic) bond motifs is 2. The van der Waals surface area contributed by atoms with E-state index in [1.54, 1.807) is 28.9 Å². The molecule has 2 aromatic carbocycles. The van der Waals surface area contributed by atoms with Crippen LogP contribution < -0.4 is 10.6 Å². The molecule has 0 spiro atoms. The lowest BCUT2D eigenvalue weighted by Gasteiger charge is -2.18. The van der Waals surface area contributed by atoms with E-state index >= 15 is 0 Å². The van der Waals surface area contributed by atoms with Crippen LogP contribution in [0, 0.1) is 18.6 Å². The fourth-order valence-electron chi connectivity index (χ4n) is 4.49. The molecule has 0 fully saturated rings. The van der Waals surface area contributed by atoms with E-state index in [0.717, 1.165) is 41.7 Å². The number of benzene rings is 2. The van der Waals surface area contributed by atoms with Crippen LogP contribution in [0.1, 0.15) is 55.6 Å². The number of rotatable bonds is 6. The summed E-state index contributed by atoms with van der Waals surface area (Å²) in [6.45, 7) is 1.82. The van der Waals surface area contributed by atoms with E-state index in [4.69, 9.17) is 0 Å². The Morgan fingerprint density at radius 1 is 1.14 bits per heavy atom. The second kappa shape index (κ2) is 8.79. The highest BCUT2D eigenvalue weighted by Crippen LogP contribution is 2.37. The van der Waals surface area contributed by atoms with E-state index in [1.165, 1.54) is 6.07 Å².